The molecule has 0 spiro atoms. The molecule has 1 aliphatic rings. The number of aromatic hydroxyl groups is 1. The first-order valence-electron chi connectivity index (χ1n) is 6.45. The van der Waals surface area contributed by atoms with Crippen LogP contribution in [0.3, 0.4) is 0 Å². The van der Waals surface area contributed by atoms with Gasteiger partial charge in [-0.3, -0.25) is 14.9 Å². The summed E-state index contributed by atoms with van der Waals surface area (Å²) in [5.74, 6) is -1.07. The highest BCUT2D eigenvalue weighted by molar-refractivity contribution is 6.06. The quantitative estimate of drug-likeness (QED) is 0.676. The van der Waals surface area contributed by atoms with Crippen molar-refractivity contribution >= 4 is 17.5 Å². The Hall–Kier alpha value is -2.83. The molecule has 0 fully saturated rings. The minimum Gasteiger partial charge on any atom is -0.506 e. The number of carbonyl (C=O) groups excluding carboxylic acids is 1. The Morgan fingerprint density at radius 1 is 1.33 bits per heavy atom. The number of hydrogen-bond donors (Lipinski definition) is 1. The number of fused-ring (bicyclic) bond motifs is 1. The molecule has 2 heterocycles. The third-order valence-corrected chi connectivity index (χ3v) is 3.42. The van der Waals surface area contributed by atoms with Gasteiger partial charge in [0.1, 0.15) is 10.7 Å². The Labute approximate surface area is 119 Å². The third-order valence-electron chi connectivity index (χ3n) is 3.42. The lowest BCUT2D eigenvalue weighted by Crippen LogP contribution is -2.35. The Kier molecular flexibility index (Phi) is 3.09. The van der Waals surface area contributed by atoms with Gasteiger partial charge in [-0.25, -0.2) is 0 Å². The first kappa shape index (κ1) is 13.2. The molecular formula is C14H12N2O5. The lowest BCUT2D eigenvalue weighted by Gasteiger charge is -2.29. The predicted molar refractivity (Wildman–Crippen MR) is 73.5 cm³/mol. The van der Waals surface area contributed by atoms with E-state index in [4.69, 9.17) is 4.42 Å². The van der Waals surface area contributed by atoms with Crippen LogP contribution in [0.25, 0.3) is 0 Å². The Balaban J connectivity index is 1.98. The van der Waals surface area contributed by atoms with Crippen LogP contribution in [-0.4, -0.2) is 22.5 Å². The fourth-order valence-electron chi connectivity index (χ4n) is 2.51. The fraction of sp³-hybridized carbons (Fsp3) is 0.214. The van der Waals surface area contributed by atoms with Crippen LogP contribution in [0.5, 0.6) is 5.75 Å². The first-order valence-corrected chi connectivity index (χ1v) is 6.45. The molecule has 21 heavy (non-hydrogen) atoms. The molecule has 7 nitrogen and oxygen atoms in total. The van der Waals surface area contributed by atoms with E-state index in [2.05, 4.69) is 0 Å². The van der Waals surface area contributed by atoms with Gasteiger partial charge in [-0.15, -0.1) is 0 Å². The lowest BCUT2D eigenvalue weighted by molar-refractivity contribution is -0.402. The standard InChI is InChI=1S/C14H12N2O5/c17-10-5-1-3-9-4-2-8-15(13(9)10)14(18)11-6-7-12(21-11)16(19)20/h1,3,5-7,17H,2,4,8H2. The van der Waals surface area contributed by atoms with Gasteiger partial charge in [0.15, 0.2) is 5.76 Å². The molecule has 1 aromatic heterocycles. The number of anilines is 1. The second kappa shape index (κ2) is 4.93. The number of phenolic OH excluding ortho intramolecular Hbond substituents is 1. The van der Waals surface area contributed by atoms with E-state index in [1.165, 1.54) is 17.0 Å². The summed E-state index contributed by atoms with van der Waals surface area (Å²) in [6.07, 6.45) is 1.52. The van der Waals surface area contributed by atoms with Crippen molar-refractivity contribution in [1.29, 1.82) is 0 Å². The molecular weight excluding hydrogens is 276 g/mol. The molecule has 0 atom stereocenters. The van der Waals surface area contributed by atoms with Gasteiger partial charge < -0.3 is 14.4 Å². The van der Waals surface area contributed by atoms with Crippen molar-refractivity contribution in [3.63, 3.8) is 0 Å². The molecule has 0 bridgehead atoms. The maximum absolute atomic E-state index is 12.4. The van der Waals surface area contributed by atoms with Crippen molar-refractivity contribution in [3.8, 4) is 5.75 Å². The van der Waals surface area contributed by atoms with E-state index in [-0.39, 0.29) is 11.5 Å². The Morgan fingerprint density at radius 3 is 2.86 bits per heavy atom. The third kappa shape index (κ3) is 2.22. The van der Waals surface area contributed by atoms with E-state index in [1.807, 2.05) is 6.07 Å². The molecule has 0 unspecified atom stereocenters. The van der Waals surface area contributed by atoms with Crippen LogP contribution < -0.4 is 4.90 Å². The molecule has 1 amide bonds. The minimum atomic E-state index is -0.696. The monoisotopic (exact) mass is 288 g/mol. The van der Waals surface area contributed by atoms with Gasteiger partial charge in [0.25, 0.3) is 5.91 Å². The van der Waals surface area contributed by atoms with Crippen LogP contribution >= 0.6 is 0 Å². The van der Waals surface area contributed by atoms with Crippen molar-refractivity contribution in [2.75, 3.05) is 11.4 Å². The van der Waals surface area contributed by atoms with Gasteiger partial charge in [-0.1, -0.05) is 12.1 Å². The molecule has 0 saturated carbocycles. The molecule has 0 radical (unpaired) electrons. The fourth-order valence-corrected chi connectivity index (χ4v) is 2.51. The predicted octanol–water partition coefficient (Wildman–Crippen LogP) is 2.49. The van der Waals surface area contributed by atoms with Crippen LogP contribution in [0.1, 0.15) is 22.5 Å². The largest absolute Gasteiger partial charge is 0.506 e. The molecule has 0 saturated heterocycles. The molecule has 2 aromatic rings. The van der Waals surface area contributed by atoms with Crippen molar-refractivity contribution < 1.29 is 19.2 Å². The summed E-state index contributed by atoms with van der Waals surface area (Å²) in [6.45, 7) is 0.428. The van der Waals surface area contributed by atoms with Crippen molar-refractivity contribution in [1.82, 2.24) is 0 Å². The van der Waals surface area contributed by atoms with Crippen LogP contribution in [0.4, 0.5) is 11.6 Å². The number of para-hydroxylation sites is 1. The number of phenols is 1. The molecule has 1 aromatic carbocycles. The first-order chi connectivity index (χ1) is 10.1. The second-order valence-electron chi connectivity index (χ2n) is 4.74. The maximum atomic E-state index is 12.4. The molecule has 108 valence electrons. The maximum Gasteiger partial charge on any atom is 0.433 e. The highest BCUT2D eigenvalue weighted by Crippen LogP contribution is 2.36. The number of amides is 1. The zero-order valence-corrected chi connectivity index (χ0v) is 11.0. The highest BCUT2D eigenvalue weighted by atomic mass is 16.6. The van der Waals surface area contributed by atoms with Gasteiger partial charge in [0.2, 0.25) is 0 Å². The van der Waals surface area contributed by atoms with E-state index < -0.39 is 16.7 Å². The summed E-state index contributed by atoms with van der Waals surface area (Å²) in [5, 5.41) is 20.6. The number of nitro groups is 1. The second-order valence-corrected chi connectivity index (χ2v) is 4.74. The van der Waals surface area contributed by atoms with Crippen LogP contribution in [0.15, 0.2) is 34.7 Å². The summed E-state index contributed by atoms with van der Waals surface area (Å²) in [7, 11) is 0. The van der Waals surface area contributed by atoms with Gasteiger partial charge >= 0.3 is 5.88 Å². The van der Waals surface area contributed by atoms with Gasteiger partial charge in [0, 0.05) is 6.54 Å². The molecule has 1 aliphatic heterocycles. The van der Waals surface area contributed by atoms with E-state index >= 15 is 0 Å². The number of nitrogens with zero attached hydrogens (tertiary/aromatic N) is 2. The molecule has 7 heteroatoms. The van der Waals surface area contributed by atoms with E-state index in [0.717, 1.165) is 24.5 Å². The van der Waals surface area contributed by atoms with E-state index in [9.17, 15) is 20.0 Å². The average Bonchev–Trinajstić information content (AvgIpc) is 2.96. The van der Waals surface area contributed by atoms with Crippen molar-refractivity contribution in [2.45, 2.75) is 12.8 Å². The Bertz CT molecular complexity index is 722. The summed E-state index contributed by atoms with van der Waals surface area (Å²) >= 11 is 0. The van der Waals surface area contributed by atoms with Crippen LogP contribution in [0.2, 0.25) is 0 Å². The summed E-state index contributed by atoms with van der Waals surface area (Å²) in [4.78, 5) is 23.8. The van der Waals surface area contributed by atoms with E-state index in [0.29, 0.717) is 12.2 Å². The SMILES string of the molecule is O=C(c1ccc([N+](=O)[O-])o1)N1CCCc2cccc(O)c21. The zero-order chi connectivity index (χ0) is 15.0. The topological polar surface area (TPSA) is 96.8 Å². The molecule has 3 rings (SSSR count). The smallest absolute Gasteiger partial charge is 0.433 e. The summed E-state index contributed by atoms with van der Waals surface area (Å²) in [6, 6.07) is 7.49. The van der Waals surface area contributed by atoms with Crippen molar-refractivity contribution in [3.05, 3.63) is 51.8 Å². The summed E-state index contributed by atoms with van der Waals surface area (Å²) < 4.78 is 4.94. The number of aryl methyl sites for hydroxylation is 1. The number of furan rings is 1. The normalized spacial score (nSPS) is 13.8. The number of benzene rings is 1. The molecule has 1 N–H and O–H groups in total. The average molecular weight is 288 g/mol. The Morgan fingerprint density at radius 2 is 2.14 bits per heavy atom. The number of hydrogen-bond acceptors (Lipinski definition) is 5. The van der Waals surface area contributed by atoms with Gasteiger partial charge in [-0.05, 0) is 30.5 Å². The van der Waals surface area contributed by atoms with Gasteiger partial charge in [0.05, 0.1) is 11.8 Å². The number of carbonyl (C=O) groups is 1. The lowest BCUT2D eigenvalue weighted by atomic mass is 10.0. The van der Waals surface area contributed by atoms with Crippen LogP contribution in [-0.2, 0) is 6.42 Å². The van der Waals surface area contributed by atoms with Crippen molar-refractivity contribution in [2.24, 2.45) is 0 Å². The van der Waals surface area contributed by atoms with E-state index in [1.54, 1.807) is 6.07 Å². The summed E-state index contributed by atoms with van der Waals surface area (Å²) in [5.41, 5.74) is 1.32. The minimum absolute atomic E-state index is 0.0154. The number of rotatable bonds is 2. The van der Waals surface area contributed by atoms with Crippen LogP contribution in [0, 0.1) is 10.1 Å². The zero-order valence-electron chi connectivity index (χ0n) is 11.0. The molecule has 0 aliphatic carbocycles. The highest BCUT2D eigenvalue weighted by Gasteiger charge is 2.29. The van der Waals surface area contributed by atoms with Gasteiger partial charge in [-0.2, -0.15) is 0 Å².